The van der Waals surface area contributed by atoms with Crippen molar-refractivity contribution in [3.63, 3.8) is 0 Å². The first kappa shape index (κ1) is 13.8. The number of oxazole rings is 1. The van der Waals surface area contributed by atoms with E-state index in [2.05, 4.69) is 34.4 Å². The van der Waals surface area contributed by atoms with Crippen molar-refractivity contribution in [3.8, 4) is 5.69 Å². The highest BCUT2D eigenvalue weighted by Crippen LogP contribution is 2.23. The molecular formula is C14H15N5OS. The Morgan fingerprint density at radius 1 is 1.24 bits per heavy atom. The molecule has 1 aromatic carbocycles. The number of hydrogen-bond acceptors (Lipinski definition) is 6. The Hall–Kier alpha value is -2.15. The maximum atomic E-state index is 5.68. The van der Waals surface area contributed by atoms with Crippen LogP contribution in [0.4, 0.5) is 0 Å². The van der Waals surface area contributed by atoms with Gasteiger partial charge in [0.15, 0.2) is 0 Å². The molecule has 0 spiro atoms. The highest BCUT2D eigenvalue weighted by Gasteiger charge is 2.12. The molecule has 6 nitrogen and oxygen atoms in total. The lowest BCUT2D eigenvalue weighted by Crippen LogP contribution is -1.98. The van der Waals surface area contributed by atoms with E-state index < -0.39 is 0 Å². The molecule has 2 aromatic heterocycles. The van der Waals surface area contributed by atoms with Crippen LogP contribution in [-0.2, 0) is 5.75 Å². The molecule has 0 bridgehead atoms. The van der Waals surface area contributed by atoms with Gasteiger partial charge in [-0.3, -0.25) is 0 Å². The lowest BCUT2D eigenvalue weighted by atomic mass is 10.2. The Morgan fingerprint density at radius 3 is 2.76 bits per heavy atom. The highest BCUT2D eigenvalue weighted by molar-refractivity contribution is 7.98. The summed E-state index contributed by atoms with van der Waals surface area (Å²) < 4.78 is 7.38. The summed E-state index contributed by atoms with van der Waals surface area (Å²) in [6.45, 7) is 4.15. The largest absolute Gasteiger partial charge is 0.445 e. The maximum Gasteiger partial charge on any atom is 0.214 e. The van der Waals surface area contributed by atoms with Gasteiger partial charge < -0.3 is 4.42 Å². The van der Waals surface area contributed by atoms with Gasteiger partial charge in [0.1, 0.15) is 5.76 Å². The molecule has 0 saturated carbocycles. The minimum absolute atomic E-state index is 0.339. The molecule has 3 aromatic rings. The summed E-state index contributed by atoms with van der Waals surface area (Å²) in [6, 6.07) is 9.79. The number of tetrazole rings is 1. The molecule has 0 unspecified atom stereocenters. The first-order valence-corrected chi connectivity index (χ1v) is 7.64. The number of rotatable bonds is 5. The number of aromatic nitrogens is 5. The van der Waals surface area contributed by atoms with Gasteiger partial charge in [-0.1, -0.05) is 43.8 Å². The van der Waals surface area contributed by atoms with Gasteiger partial charge in [-0.05, 0) is 22.6 Å². The van der Waals surface area contributed by atoms with Gasteiger partial charge in [0.05, 0.1) is 17.6 Å². The molecule has 108 valence electrons. The lowest BCUT2D eigenvalue weighted by molar-refractivity contribution is 0.453. The van der Waals surface area contributed by atoms with Crippen molar-refractivity contribution in [1.29, 1.82) is 0 Å². The maximum absolute atomic E-state index is 5.68. The van der Waals surface area contributed by atoms with Crippen LogP contribution in [0.2, 0.25) is 0 Å². The van der Waals surface area contributed by atoms with Crippen LogP contribution in [0.1, 0.15) is 31.4 Å². The van der Waals surface area contributed by atoms with E-state index >= 15 is 0 Å². The summed E-state index contributed by atoms with van der Waals surface area (Å²) in [6.07, 6.45) is 1.78. The van der Waals surface area contributed by atoms with Crippen LogP contribution >= 0.6 is 11.8 Å². The van der Waals surface area contributed by atoms with Crippen LogP contribution in [0.3, 0.4) is 0 Å². The Kier molecular flexibility index (Phi) is 4.01. The fraction of sp³-hybridized carbons (Fsp3) is 0.286. The molecule has 2 heterocycles. The normalized spacial score (nSPS) is 11.2. The SMILES string of the molecule is CC(C)c1cnc(CSc2nnnn2-c2ccccc2)o1. The summed E-state index contributed by atoms with van der Waals surface area (Å²) in [4.78, 5) is 4.27. The van der Waals surface area contributed by atoms with Crippen molar-refractivity contribution >= 4 is 11.8 Å². The summed E-state index contributed by atoms with van der Waals surface area (Å²) in [5.74, 6) is 2.52. The van der Waals surface area contributed by atoms with E-state index in [9.17, 15) is 0 Å². The number of hydrogen-bond donors (Lipinski definition) is 0. The summed E-state index contributed by atoms with van der Waals surface area (Å²) in [5, 5.41) is 12.5. The molecule has 3 rings (SSSR count). The zero-order valence-electron chi connectivity index (χ0n) is 11.8. The molecule has 0 N–H and O–H groups in total. The van der Waals surface area contributed by atoms with E-state index in [0.717, 1.165) is 11.4 Å². The number of para-hydroxylation sites is 1. The monoisotopic (exact) mass is 301 g/mol. The van der Waals surface area contributed by atoms with Crippen molar-refractivity contribution < 1.29 is 4.42 Å². The zero-order valence-corrected chi connectivity index (χ0v) is 12.6. The van der Waals surface area contributed by atoms with E-state index in [1.54, 1.807) is 10.9 Å². The second-order valence-electron chi connectivity index (χ2n) is 4.81. The molecule has 0 aliphatic rings. The van der Waals surface area contributed by atoms with Crippen LogP contribution in [0.15, 0.2) is 46.1 Å². The lowest BCUT2D eigenvalue weighted by Gasteiger charge is -2.02. The van der Waals surface area contributed by atoms with Gasteiger partial charge in [-0.15, -0.1) is 5.10 Å². The summed E-state index contributed by atoms with van der Waals surface area (Å²) >= 11 is 1.50. The molecule has 0 radical (unpaired) electrons. The van der Waals surface area contributed by atoms with Gasteiger partial charge in [-0.25, -0.2) is 4.98 Å². The third-order valence-corrected chi connectivity index (χ3v) is 3.81. The molecule has 0 atom stereocenters. The van der Waals surface area contributed by atoms with Crippen molar-refractivity contribution in [2.45, 2.75) is 30.7 Å². The van der Waals surface area contributed by atoms with Crippen LogP contribution in [0.5, 0.6) is 0 Å². The van der Waals surface area contributed by atoms with Crippen molar-refractivity contribution in [2.75, 3.05) is 0 Å². The first-order chi connectivity index (χ1) is 10.2. The Bertz CT molecular complexity index is 707. The topological polar surface area (TPSA) is 69.6 Å². The van der Waals surface area contributed by atoms with E-state index in [1.807, 2.05) is 30.3 Å². The smallest absolute Gasteiger partial charge is 0.214 e. The second kappa shape index (κ2) is 6.09. The van der Waals surface area contributed by atoms with Crippen LogP contribution in [0.25, 0.3) is 5.69 Å². The van der Waals surface area contributed by atoms with E-state index in [4.69, 9.17) is 4.42 Å². The quantitative estimate of drug-likeness (QED) is 0.675. The Labute approximate surface area is 126 Å². The first-order valence-electron chi connectivity index (χ1n) is 6.65. The molecule has 7 heteroatoms. The average Bonchev–Trinajstić information content (AvgIpc) is 3.15. The summed E-state index contributed by atoms with van der Waals surface area (Å²) in [5.41, 5.74) is 0.931. The van der Waals surface area contributed by atoms with E-state index in [-0.39, 0.29) is 0 Å². The Morgan fingerprint density at radius 2 is 2.05 bits per heavy atom. The highest BCUT2D eigenvalue weighted by atomic mass is 32.2. The fourth-order valence-corrected chi connectivity index (χ4v) is 2.53. The summed E-state index contributed by atoms with van der Waals surface area (Å²) in [7, 11) is 0. The molecule has 0 fully saturated rings. The predicted molar refractivity (Wildman–Crippen MR) is 79.3 cm³/mol. The molecule has 0 aliphatic carbocycles. The van der Waals surface area contributed by atoms with E-state index in [1.165, 1.54) is 11.8 Å². The third-order valence-electron chi connectivity index (χ3n) is 2.91. The second-order valence-corrected chi connectivity index (χ2v) is 5.75. The predicted octanol–water partition coefficient (Wildman–Crippen LogP) is 3.07. The van der Waals surface area contributed by atoms with Gasteiger partial charge >= 0.3 is 0 Å². The van der Waals surface area contributed by atoms with Crippen LogP contribution in [-0.4, -0.2) is 25.2 Å². The standard InChI is InChI=1S/C14H15N5OS/c1-10(2)12-8-15-13(20-12)9-21-14-16-17-18-19(14)11-6-4-3-5-7-11/h3-8,10H,9H2,1-2H3. The van der Waals surface area contributed by atoms with Crippen molar-refractivity contribution in [2.24, 2.45) is 0 Å². The zero-order chi connectivity index (χ0) is 14.7. The fourth-order valence-electron chi connectivity index (χ4n) is 1.78. The van der Waals surface area contributed by atoms with Crippen molar-refractivity contribution in [3.05, 3.63) is 48.2 Å². The van der Waals surface area contributed by atoms with Gasteiger partial charge in [0.2, 0.25) is 11.0 Å². The molecule has 0 saturated heterocycles. The minimum atomic E-state index is 0.339. The van der Waals surface area contributed by atoms with Gasteiger partial charge in [0.25, 0.3) is 0 Å². The van der Waals surface area contributed by atoms with Crippen LogP contribution in [0, 0.1) is 0 Å². The van der Waals surface area contributed by atoms with E-state index in [0.29, 0.717) is 22.7 Å². The van der Waals surface area contributed by atoms with Crippen LogP contribution < -0.4 is 0 Å². The molecule has 0 aliphatic heterocycles. The average molecular weight is 301 g/mol. The number of benzene rings is 1. The van der Waals surface area contributed by atoms with Gasteiger partial charge in [-0.2, -0.15) is 4.68 Å². The number of nitrogens with zero attached hydrogens (tertiary/aromatic N) is 5. The number of thioether (sulfide) groups is 1. The molecule has 0 amide bonds. The van der Waals surface area contributed by atoms with Crippen molar-refractivity contribution in [1.82, 2.24) is 25.2 Å². The van der Waals surface area contributed by atoms with Gasteiger partial charge in [0, 0.05) is 5.92 Å². The third kappa shape index (κ3) is 3.13. The minimum Gasteiger partial charge on any atom is -0.445 e. The molecular weight excluding hydrogens is 286 g/mol. The Balaban J connectivity index is 1.73. The molecule has 21 heavy (non-hydrogen) atoms.